The monoisotopic (exact) mass is 1490 g/mol. The van der Waals surface area contributed by atoms with Crippen molar-refractivity contribution in [3.8, 4) is 0 Å². The molecule has 0 saturated carbocycles. The average molecular weight is 1500 g/mol. The molecule has 16 atom stereocenters. The van der Waals surface area contributed by atoms with Gasteiger partial charge in [0.05, 0.1) is 52.4 Å². The fourth-order valence-corrected chi connectivity index (χ4v) is 10.1. The first-order valence-electron chi connectivity index (χ1n) is 26.1. The first kappa shape index (κ1) is 61.7. The van der Waals surface area contributed by atoms with E-state index in [1.54, 1.807) is 0 Å². The molecule has 4 saturated heterocycles. The topological polar surface area (TPSA) is 160 Å². The minimum Gasteiger partial charge on any atom is -0.387 e. The van der Waals surface area contributed by atoms with Crippen LogP contribution in [0.3, 0.4) is 0 Å². The van der Waals surface area contributed by atoms with E-state index in [1.807, 2.05) is 189 Å². The van der Waals surface area contributed by atoms with E-state index < -0.39 is 98.4 Å². The Morgan fingerprint density at radius 3 is 1.36 bits per heavy atom. The summed E-state index contributed by atoms with van der Waals surface area (Å²) in [5.41, 5.74) is 5.48. The van der Waals surface area contributed by atoms with Crippen LogP contribution < -0.4 is 0 Å². The Morgan fingerprint density at radius 1 is 0.436 bits per heavy atom. The summed E-state index contributed by atoms with van der Waals surface area (Å²) in [4.78, 5) is 0. The van der Waals surface area contributed by atoms with E-state index in [1.165, 1.54) is 7.11 Å². The third-order valence-corrected chi connectivity index (χ3v) is 14.1. The maximum absolute atomic E-state index is 12.0. The summed E-state index contributed by atoms with van der Waals surface area (Å²) in [5, 5.41) is 23.4. The molecule has 4 fully saturated rings. The Labute approximate surface area is 528 Å². The molecule has 408 valence electrons. The number of hydrogen-bond donors (Lipinski definition) is 2. The van der Waals surface area contributed by atoms with E-state index in [2.05, 4.69) is 0 Å². The molecular formula is C61H68Ac2O15. The van der Waals surface area contributed by atoms with Gasteiger partial charge < -0.3 is 71.8 Å². The van der Waals surface area contributed by atoms with Crippen LogP contribution in [0.4, 0.5) is 0 Å². The van der Waals surface area contributed by atoms with Crippen molar-refractivity contribution >= 4 is 0 Å². The van der Waals surface area contributed by atoms with Crippen molar-refractivity contribution in [2.45, 2.75) is 138 Å². The van der Waals surface area contributed by atoms with Gasteiger partial charge >= 0.3 is 0 Å². The van der Waals surface area contributed by atoms with Crippen LogP contribution in [-0.2, 0) is 94.6 Å². The summed E-state index contributed by atoms with van der Waals surface area (Å²) in [7, 11) is 1.40. The second kappa shape index (κ2) is 31.3. The number of aliphatic hydroxyl groups is 2. The molecule has 4 aliphatic rings. The van der Waals surface area contributed by atoms with Crippen LogP contribution in [0.15, 0.2) is 182 Å². The Bertz CT molecular complexity index is 2600. The third kappa shape index (κ3) is 16.2. The Balaban J connectivity index is 0.00000401. The summed E-state index contributed by atoms with van der Waals surface area (Å²) in [6.07, 6.45) is -16.2. The van der Waals surface area contributed by atoms with Gasteiger partial charge in [0.15, 0.2) is 25.2 Å². The minimum atomic E-state index is -1.52. The number of aliphatic hydroxyl groups excluding tert-OH is 2. The molecule has 0 aliphatic carbocycles. The van der Waals surface area contributed by atoms with Gasteiger partial charge in [-0.1, -0.05) is 182 Å². The van der Waals surface area contributed by atoms with E-state index in [0.717, 1.165) is 33.4 Å². The van der Waals surface area contributed by atoms with Crippen molar-refractivity contribution in [3.63, 3.8) is 0 Å². The van der Waals surface area contributed by atoms with Crippen LogP contribution in [0.25, 0.3) is 0 Å². The minimum absolute atomic E-state index is 0. The third-order valence-electron chi connectivity index (χ3n) is 14.1. The van der Waals surface area contributed by atoms with E-state index in [4.69, 9.17) is 61.6 Å². The van der Waals surface area contributed by atoms with Gasteiger partial charge in [0.2, 0.25) is 0 Å². The van der Waals surface area contributed by atoms with Crippen molar-refractivity contribution in [1.82, 2.24) is 0 Å². The molecular weight excluding hydrogens is 1430 g/mol. The van der Waals surface area contributed by atoms with Crippen molar-refractivity contribution < 1.29 is 160 Å². The standard InChI is InChI=1S/C61H68O15.2Ac/c1-40-51(66-34-42-23-11-4-12-24-42)54(67-35-43-25-13-5-14-26-43)56(68-36-44-27-15-6-16-28-44)60(71-40)76-55-53-48(39-70-58(75-53)46-31-19-8-20-32-46)73-61(57(55)69-37-45-29-17-7-18-30-45)74-52-47(72-59(64-2)50(63)49(52)62)38-65-33-41-21-9-3-10-22-41;;/h3-32,40,47-63H,33-39H2,1-2H3;;. The quantitative estimate of drug-likeness (QED) is 0.0673. The number of rotatable bonds is 22. The van der Waals surface area contributed by atoms with Crippen LogP contribution in [0.1, 0.15) is 46.6 Å². The van der Waals surface area contributed by atoms with Gasteiger partial charge in [-0.15, -0.1) is 0 Å². The van der Waals surface area contributed by atoms with Crippen LogP contribution in [0, 0.1) is 88.1 Å². The second-order valence-electron chi connectivity index (χ2n) is 19.4. The second-order valence-corrected chi connectivity index (χ2v) is 19.4. The predicted molar refractivity (Wildman–Crippen MR) is 277 cm³/mol. The molecule has 2 N–H and O–H groups in total. The summed E-state index contributed by atoms with van der Waals surface area (Å²) in [6.45, 7) is 3.06. The van der Waals surface area contributed by atoms with Gasteiger partial charge in [-0.05, 0) is 34.7 Å². The molecule has 6 aromatic carbocycles. The van der Waals surface area contributed by atoms with Gasteiger partial charge in [0, 0.05) is 101 Å². The summed E-state index contributed by atoms with van der Waals surface area (Å²) < 4.78 is 87.4. The number of fused-ring (bicyclic) bond motifs is 1. The zero-order valence-corrected chi connectivity index (χ0v) is 53.4. The molecule has 6 aromatic rings. The van der Waals surface area contributed by atoms with Gasteiger partial charge in [0.1, 0.15) is 67.1 Å². The number of hydrogen-bond acceptors (Lipinski definition) is 15. The molecule has 17 heteroatoms. The predicted octanol–water partition coefficient (Wildman–Crippen LogP) is 7.99. The molecule has 2 radical (unpaired) electrons. The fourth-order valence-electron chi connectivity index (χ4n) is 10.1. The summed E-state index contributed by atoms with van der Waals surface area (Å²) in [5.74, 6) is 0. The molecule has 0 spiro atoms. The zero-order chi connectivity index (χ0) is 52.1. The van der Waals surface area contributed by atoms with Crippen molar-refractivity contribution in [2.75, 3.05) is 20.3 Å². The van der Waals surface area contributed by atoms with Crippen molar-refractivity contribution in [2.24, 2.45) is 0 Å². The van der Waals surface area contributed by atoms with Gasteiger partial charge in [-0.3, -0.25) is 0 Å². The molecule has 0 amide bonds. The van der Waals surface area contributed by atoms with Gasteiger partial charge in [0.25, 0.3) is 0 Å². The normalized spacial score (nSPS) is 30.8. The Kier molecular flexibility index (Phi) is 24.8. The Morgan fingerprint density at radius 2 is 0.859 bits per heavy atom. The molecule has 0 bridgehead atoms. The maximum Gasteiger partial charge on any atom is 0.187 e. The van der Waals surface area contributed by atoms with Crippen LogP contribution in [0.2, 0.25) is 0 Å². The zero-order valence-electron chi connectivity index (χ0n) is 43.9. The molecule has 10 rings (SSSR count). The van der Waals surface area contributed by atoms with Crippen molar-refractivity contribution in [3.05, 3.63) is 215 Å². The van der Waals surface area contributed by atoms with E-state index in [9.17, 15) is 10.2 Å². The van der Waals surface area contributed by atoms with Crippen LogP contribution >= 0.6 is 0 Å². The largest absolute Gasteiger partial charge is 0.387 e. The SMILES string of the molecule is COC1OC(COCc2ccccc2)C(OC2OC3COC(c4ccccc4)OC3C(OC3OC(C)C(OCc4ccccc4)C(OCc4ccccc4)C3OCc3ccccc3)C2OCc2ccccc2)C(O)C1O.[Ac].[Ac]. The van der Waals surface area contributed by atoms with E-state index in [0.29, 0.717) is 6.61 Å². The van der Waals surface area contributed by atoms with Crippen LogP contribution in [-0.4, -0.2) is 123 Å². The number of methoxy groups -OCH3 is 1. The summed E-state index contributed by atoms with van der Waals surface area (Å²) >= 11 is 0. The van der Waals surface area contributed by atoms with E-state index >= 15 is 0 Å². The summed E-state index contributed by atoms with van der Waals surface area (Å²) in [6, 6.07) is 58.9. The van der Waals surface area contributed by atoms with Crippen molar-refractivity contribution in [1.29, 1.82) is 0 Å². The first-order chi connectivity index (χ1) is 37.4. The van der Waals surface area contributed by atoms with Crippen LogP contribution in [0.5, 0.6) is 0 Å². The average Bonchev–Trinajstić information content (AvgIpc) is 3.57. The molecule has 4 heterocycles. The van der Waals surface area contributed by atoms with E-state index in [-0.39, 0.29) is 128 Å². The number of benzene rings is 6. The Hall–Kier alpha value is -2.40. The molecule has 16 unspecified atom stereocenters. The molecule has 4 aliphatic heterocycles. The maximum atomic E-state index is 12.0. The fraction of sp³-hybridized carbons (Fsp3) is 0.410. The smallest absolute Gasteiger partial charge is 0.187 e. The number of ether oxygens (including phenoxy) is 13. The molecule has 0 aromatic heterocycles. The first-order valence-corrected chi connectivity index (χ1v) is 26.1. The molecule has 15 nitrogen and oxygen atoms in total. The van der Waals surface area contributed by atoms with Gasteiger partial charge in [-0.2, -0.15) is 0 Å². The molecule has 78 heavy (non-hydrogen) atoms. The van der Waals surface area contributed by atoms with Gasteiger partial charge in [-0.25, -0.2) is 0 Å².